The lowest BCUT2D eigenvalue weighted by atomic mass is 10.2. The lowest BCUT2D eigenvalue weighted by Crippen LogP contribution is -2.04. The highest BCUT2D eigenvalue weighted by molar-refractivity contribution is 6.68. The summed E-state index contributed by atoms with van der Waals surface area (Å²) in [4.78, 5) is 0. The number of unbranched alkanes of at least 4 members (excludes halogenated alkanes) is 1. The van der Waals surface area contributed by atoms with E-state index >= 15 is 0 Å². The van der Waals surface area contributed by atoms with E-state index in [1.165, 1.54) is 0 Å². The normalized spacial score (nSPS) is 13.5. The summed E-state index contributed by atoms with van der Waals surface area (Å²) in [7, 11) is 0. The Morgan fingerprint density at radius 1 is 0.583 bits per heavy atom. The van der Waals surface area contributed by atoms with Crippen LogP contribution in [0.3, 0.4) is 0 Å². The van der Waals surface area contributed by atoms with E-state index in [0.717, 1.165) is 12.8 Å². The van der Waals surface area contributed by atoms with Crippen molar-refractivity contribution in [1.82, 2.24) is 0 Å². The van der Waals surface area contributed by atoms with Gasteiger partial charge in [-0.25, -0.2) is 0 Å². The van der Waals surface area contributed by atoms with Gasteiger partial charge in [-0.3, -0.25) is 0 Å². The van der Waals surface area contributed by atoms with Gasteiger partial charge in [-0.05, 0) is 25.7 Å². The van der Waals surface area contributed by atoms with Crippen molar-refractivity contribution in [2.24, 2.45) is 0 Å². The second-order valence-electron chi connectivity index (χ2n) is 2.44. The molecule has 0 aromatic rings. The summed E-state index contributed by atoms with van der Waals surface area (Å²) in [5.74, 6) is 0. The van der Waals surface area contributed by atoms with Gasteiger partial charge in [-0.2, -0.15) is 0 Å². The van der Waals surface area contributed by atoms with Crippen LogP contribution in [0, 0.1) is 0 Å². The Hall–Kier alpha value is 1.74. The van der Waals surface area contributed by atoms with Gasteiger partial charge in [-0.1, -0.05) is 69.6 Å². The van der Waals surface area contributed by atoms with Gasteiger partial charge in [0.2, 0.25) is 0 Å². The van der Waals surface area contributed by atoms with E-state index in [2.05, 4.69) is 0 Å². The van der Waals surface area contributed by atoms with Crippen LogP contribution < -0.4 is 0 Å². The van der Waals surface area contributed by atoms with Gasteiger partial charge < -0.3 is 0 Å². The molecule has 0 N–H and O–H groups in total. The Bertz CT molecular complexity index is 105. The Morgan fingerprint density at radius 3 is 1.00 bits per heavy atom. The van der Waals surface area contributed by atoms with Crippen molar-refractivity contribution in [1.29, 1.82) is 0 Å². The number of rotatable bonds is 3. The van der Waals surface area contributed by atoms with Gasteiger partial charge in [0, 0.05) is 0 Å². The first kappa shape index (κ1) is 13.7. The van der Waals surface area contributed by atoms with E-state index < -0.39 is 7.59 Å². The van der Waals surface area contributed by atoms with E-state index in [1.807, 2.05) is 0 Å². The molecular formula is C6H8Cl6. The molecule has 0 radical (unpaired) electrons. The fraction of sp³-hybridized carbons (Fsp3) is 1.00. The molecule has 0 unspecified atom stereocenters. The van der Waals surface area contributed by atoms with Crippen LogP contribution >= 0.6 is 69.6 Å². The lowest BCUT2D eigenvalue weighted by molar-refractivity contribution is 0.656. The highest BCUT2D eigenvalue weighted by Crippen LogP contribution is 2.35. The summed E-state index contributed by atoms with van der Waals surface area (Å²) in [6, 6.07) is 0. The van der Waals surface area contributed by atoms with Gasteiger partial charge in [0.1, 0.15) is 0 Å². The second-order valence-corrected chi connectivity index (χ2v) is 7.47. The average molecular weight is 293 g/mol. The van der Waals surface area contributed by atoms with Crippen molar-refractivity contribution in [2.45, 2.75) is 33.3 Å². The molecule has 0 fully saturated rings. The Morgan fingerprint density at radius 2 is 0.833 bits per heavy atom. The summed E-state index contributed by atoms with van der Waals surface area (Å²) in [5, 5.41) is 0. The monoisotopic (exact) mass is 290 g/mol. The Kier molecular flexibility index (Phi) is 6.39. The molecule has 0 rings (SSSR count). The topological polar surface area (TPSA) is 0 Å². The van der Waals surface area contributed by atoms with Crippen LogP contribution in [-0.4, -0.2) is 7.59 Å². The molecule has 0 aliphatic heterocycles. The van der Waals surface area contributed by atoms with E-state index in [4.69, 9.17) is 69.6 Å². The first-order chi connectivity index (χ1) is 5.21. The molecule has 0 spiro atoms. The molecule has 0 saturated heterocycles. The Balaban J connectivity index is 3.35. The SMILES string of the molecule is ClC(Cl)(Cl)CCCCC(Cl)(Cl)Cl. The van der Waals surface area contributed by atoms with Crippen LogP contribution in [0.5, 0.6) is 0 Å². The maximum absolute atomic E-state index is 5.52. The predicted octanol–water partition coefficient (Wildman–Crippen LogP) is 5.29. The minimum Gasteiger partial charge on any atom is -0.0837 e. The smallest absolute Gasteiger partial charge is 0.0837 e. The first-order valence-electron chi connectivity index (χ1n) is 3.34. The van der Waals surface area contributed by atoms with E-state index in [-0.39, 0.29) is 0 Å². The quantitative estimate of drug-likeness (QED) is 0.490. The molecule has 0 atom stereocenters. The molecule has 0 aromatic heterocycles. The third-order valence-corrected chi connectivity index (χ3v) is 2.30. The van der Waals surface area contributed by atoms with Crippen molar-refractivity contribution in [3.63, 3.8) is 0 Å². The molecule has 12 heavy (non-hydrogen) atoms. The lowest BCUT2D eigenvalue weighted by Gasteiger charge is -2.12. The highest BCUT2D eigenvalue weighted by Gasteiger charge is 2.21. The molecule has 0 nitrogen and oxygen atoms in total. The van der Waals surface area contributed by atoms with Crippen LogP contribution in [0.1, 0.15) is 25.7 Å². The molecule has 6 heteroatoms. The summed E-state index contributed by atoms with van der Waals surface area (Å²) in [5.41, 5.74) is 0. The standard InChI is InChI=1S/C6H8Cl6/c7-5(8,9)3-1-2-4-6(10,11)12/h1-4H2. The third-order valence-electron chi connectivity index (χ3n) is 1.17. The number of alkyl halides is 6. The second kappa shape index (κ2) is 5.58. The molecular weight excluding hydrogens is 285 g/mol. The molecule has 0 aromatic carbocycles. The van der Waals surface area contributed by atoms with Gasteiger partial charge >= 0.3 is 0 Å². The van der Waals surface area contributed by atoms with Crippen molar-refractivity contribution < 1.29 is 0 Å². The van der Waals surface area contributed by atoms with Gasteiger partial charge in [0.05, 0.1) is 0 Å². The number of hydrogen-bond donors (Lipinski definition) is 0. The molecule has 0 saturated carbocycles. The van der Waals surface area contributed by atoms with Crippen LogP contribution in [0.2, 0.25) is 0 Å². The van der Waals surface area contributed by atoms with Crippen molar-refractivity contribution in [3.8, 4) is 0 Å². The van der Waals surface area contributed by atoms with E-state index in [0.29, 0.717) is 12.8 Å². The molecule has 0 bridgehead atoms. The maximum atomic E-state index is 5.52. The van der Waals surface area contributed by atoms with Crippen LogP contribution in [-0.2, 0) is 0 Å². The maximum Gasteiger partial charge on any atom is 0.190 e. The zero-order chi connectivity index (χ0) is 9.83. The van der Waals surface area contributed by atoms with Crippen LogP contribution in [0.4, 0.5) is 0 Å². The number of halogens is 6. The van der Waals surface area contributed by atoms with Gasteiger partial charge in [-0.15, -0.1) is 0 Å². The minimum atomic E-state index is -1.19. The van der Waals surface area contributed by atoms with Crippen LogP contribution in [0.15, 0.2) is 0 Å². The highest BCUT2D eigenvalue weighted by atomic mass is 35.6. The zero-order valence-corrected chi connectivity index (χ0v) is 10.6. The average Bonchev–Trinajstić information content (AvgIpc) is 1.76. The fourth-order valence-corrected chi connectivity index (χ4v) is 1.45. The van der Waals surface area contributed by atoms with Crippen molar-refractivity contribution >= 4 is 69.6 Å². The van der Waals surface area contributed by atoms with Crippen molar-refractivity contribution in [3.05, 3.63) is 0 Å². The molecule has 0 heterocycles. The van der Waals surface area contributed by atoms with Crippen molar-refractivity contribution in [2.75, 3.05) is 0 Å². The predicted molar refractivity (Wildman–Crippen MR) is 59.0 cm³/mol. The first-order valence-corrected chi connectivity index (χ1v) is 5.61. The summed E-state index contributed by atoms with van der Waals surface area (Å²) in [6.07, 6.45) is 2.45. The third kappa shape index (κ3) is 11.7. The molecule has 0 aliphatic carbocycles. The molecule has 0 aliphatic rings. The Labute approximate surface area is 102 Å². The molecule has 0 amide bonds. The van der Waals surface area contributed by atoms with Crippen LogP contribution in [0.25, 0.3) is 0 Å². The summed E-state index contributed by atoms with van der Waals surface area (Å²) >= 11 is 33.1. The van der Waals surface area contributed by atoms with Gasteiger partial charge in [0.15, 0.2) is 7.59 Å². The van der Waals surface area contributed by atoms with E-state index in [9.17, 15) is 0 Å². The summed E-state index contributed by atoms with van der Waals surface area (Å²) < 4.78 is -2.37. The minimum absolute atomic E-state index is 0.485. The largest absolute Gasteiger partial charge is 0.190 e. The number of hydrogen-bond acceptors (Lipinski definition) is 0. The molecule has 74 valence electrons. The summed E-state index contributed by atoms with van der Waals surface area (Å²) in [6.45, 7) is 0. The van der Waals surface area contributed by atoms with E-state index in [1.54, 1.807) is 0 Å². The zero-order valence-electron chi connectivity index (χ0n) is 6.10. The fourth-order valence-electron chi connectivity index (χ4n) is 0.651. The van der Waals surface area contributed by atoms with Gasteiger partial charge in [0.25, 0.3) is 0 Å².